The van der Waals surface area contributed by atoms with Crippen molar-refractivity contribution in [1.29, 1.82) is 0 Å². The second kappa shape index (κ2) is 14.1. The number of hydrogen-bond acceptors (Lipinski definition) is 6. The number of alkyl carbamates (subject to hydrolysis) is 1. The molecule has 3 amide bonds. The summed E-state index contributed by atoms with van der Waals surface area (Å²) in [4.78, 5) is 54.6. The van der Waals surface area contributed by atoms with E-state index in [1.165, 1.54) is 4.90 Å². The molecular weight excluding hydrogens is 522 g/mol. The lowest BCUT2D eigenvalue weighted by Gasteiger charge is -2.33. The highest BCUT2D eigenvalue weighted by Crippen LogP contribution is 2.22. The molecule has 9 heteroatoms. The molecule has 0 saturated carbocycles. The largest absolute Gasteiger partial charge is 0.459 e. The number of aryl methyl sites for hydroxylation is 1. The lowest BCUT2D eigenvalue weighted by atomic mass is 9.96. The molecule has 41 heavy (non-hydrogen) atoms. The zero-order valence-corrected chi connectivity index (χ0v) is 24.8. The van der Waals surface area contributed by atoms with Crippen molar-refractivity contribution in [3.05, 3.63) is 71.8 Å². The maximum absolute atomic E-state index is 13.9. The van der Waals surface area contributed by atoms with Gasteiger partial charge in [-0.2, -0.15) is 0 Å². The highest BCUT2D eigenvalue weighted by molar-refractivity contribution is 5.95. The molecule has 3 atom stereocenters. The standard InChI is InChI=1S/C32H43N3O6/c1-6-32(5,34-30(39)41-31(2,3)4)29(38)33-25(20-19-23-14-9-7-10-15-23)27(36)35-21-13-18-26(35)28(37)40-22-24-16-11-8-12-17-24/h7-12,14-17,25-26H,6,13,18-22H2,1-5H3,(H,33,38)(H,34,39)/t25-,26+,32-/m0/s1. The number of nitrogens with one attached hydrogen (secondary N) is 2. The summed E-state index contributed by atoms with van der Waals surface area (Å²) in [7, 11) is 0. The zero-order valence-electron chi connectivity index (χ0n) is 24.8. The maximum Gasteiger partial charge on any atom is 0.408 e. The Labute approximate surface area is 243 Å². The fraction of sp³-hybridized carbons (Fsp3) is 0.500. The monoisotopic (exact) mass is 565 g/mol. The quantitative estimate of drug-likeness (QED) is 0.387. The number of hydrogen-bond donors (Lipinski definition) is 2. The lowest BCUT2D eigenvalue weighted by molar-refractivity contribution is -0.155. The van der Waals surface area contributed by atoms with Gasteiger partial charge in [-0.05, 0) is 70.9 Å². The van der Waals surface area contributed by atoms with Crippen LogP contribution in [0.1, 0.15) is 71.4 Å². The SMILES string of the molecule is CC[C@](C)(NC(=O)OC(C)(C)C)C(=O)N[C@@H](CCc1ccccc1)C(=O)N1CCC[C@@H]1C(=O)OCc1ccccc1. The van der Waals surface area contributed by atoms with E-state index in [0.717, 1.165) is 11.1 Å². The molecule has 0 aromatic heterocycles. The molecule has 0 radical (unpaired) electrons. The first-order chi connectivity index (χ1) is 19.4. The molecule has 0 aliphatic carbocycles. The molecule has 9 nitrogen and oxygen atoms in total. The average molecular weight is 566 g/mol. The third kappa shape index (κ3) is 9.33. The summed E-state index contributed by atoms with van der Waals surface area (Å²) >= 11 is 0. The van der Waals surface area contributed by atoms with E-state index in [1.54, 1.807) is 34.6 Å². The predicted octanol–water partition coefficient (Wildman–Crippen LogP) is 4.53. The highest BCUT2D eigenvalue weighted by Gasteiger charge is 2.41. The van der Waals surface area contributed by atoms with Gasteiger partial charge in [0.15, 0.2) is 0 Å². The van der Waals surface area contributed by atoms with E-state index in [9.17, 15) is 19.2 Å². The van der Waals surface area contributed by atoms with Gasteiger partial charge in [0, 0.05) is 6.54 Å². The fourth-order valence-electron chi connectivity index (χ4n) is 4.67. The molecule has 0 bridgehead atoms. The third-order valence-electron chi connectivity index (χ3n) is 7.18. The average Bonchev–Trinajstić information content (AvgIpc) is 3.43. The van der Waals surface area contributed by atoms with Crippen molar-refractivity contribution in [2.45, 2.75) is 96.6 Å². The fourth-order valence-corrected chi connectivity index (χ4v) is 4.67. The second-order valence-corrected chi connectivity index (χ2v) is 11.6. The van der Waals surface area contributed by atoms with Crippen LogP contribution in [0.15, 0.2) is 60.7 Å². The summed E-state index contributed by atoms with van der Waals surface area (Å²) in [5, 5.41) is 5.56. The number of ether oxygens (including phenoxy) is 2. The third-order valence-corrected chi connectivity index (χ3v) is 7.18. The molecule has 3 rings (SSSR count). The van der Waals surface area contributed by atoms with Crippen LogP contribution in [0, 0.1) is 0 Å². The normalized spacial score (nSPS) is 17.2. The van der Waals surface area contributed by atoms with E-state index >= 15 is 0 Å². The van der Waals surface area contributed by atoms with Crippen molar-refractivity contribution in [3.63, 3.8) is 0 Å². The molecular formula is C32H43N3O6. The smallest absolute Gasteiger partial charge is 0.408 e. The number of benzene rings is 2. The van der Waals surface area contributed by atoms with Gasteiger partial charge >= 0.3 is 12.1 Å². The van der Waals surface area contributed by atoms with Gasteiger partial charge in [0.1, 0.15) is 29.8 Å². The van der Waals surface area contributed by atoms with E-state index in [1.807, 2.05) is 60.7 Å². The Balaban J connectivity index is 1.75. The Morgan fingerprint density at radius 1 is 0.951 bits per heavy atom. The number of nitrogens with zero attached hydrogens (tertiary/aromatic N) is 1. The molecule has 1 fully saturated rings. The summed E-state index contributed by atoms with van der Waals surface area (Å²) < 4.78 is 10.9. The molecule has 2 aromatic carbocycles. The number of amides is 3. The maximum atomic E-state index is 13.9. The first-order valence-electron chi connectivity index (χ1n) is 14.3. The molecule has 1 saturated heterocycles. The number of esters is 1. The van der Waals surface area contributed by atoms with Crippen LogP contribution in [0.25, 0.3) is 0 Å². The molecule has 1 aliphatic rings. The molecule has 2 aromatic rings. The number of rotatable bonds is 11. The van der Waals surface area contributed by atoms with Crippen LogP contribution in [0.3, 0.4) is 0 Å². The van der Waals surface area contributed by atoms with Crippen LogP contribution < -0.4 is 10.6 Å². The van der Waals surface area contributed by atoms with Gasteiger partial charge in [0.2, 0.25) is 11.8 Å². The first kappa shape index (κ1) is 31.6. The molecule has 2 N–H and O–H groups in total. The first-order valence-corrected chi connectivity index (χ1v) is 14.3. The van der Waals surface area contributed by atoms with Crippen molar-refractivity contribution < 1.29 is 28.7 Å². The predicted molar refractivity (Wildman–Crippen MR) is 156 cm³/mol. The van der Waals surface area contributed by atoms with E-state index in [-0.39, 0.29) is 18.9 Å². The number of likely N-dealkylation sites (tertiary alicyclic amines) is 1. The van der Waals surface area contributed by atoms with E-state index in [2.05, 4.69) is 10.6 Å². The van der Waals surface area contributed by atoms with E-state index in [0.29, 0.717) is 32.2 Å². The molecule has 0 unspecified atom stereocenters. The van der Waals surface area contributed by atoms with Gasteiger partial charge in [-0.3, -0.25) is 9.59 Å². The van der Waals surface area contributed by atoms with Crippen LogP contribution >= 0.6 is 0 Å². The highest BCUT2D eigenvalue weighted by atomic mass is 16.6. The van der Waals surface area contributed by atoms with Crippen LogP contribution in [0.4, 0.5) is 4.79 Å². The second-order valence-electron chi connectivity index (χ2n) is 11.6. The summed E-state index contributed by atoms with van der Waals surface area (Å²) in [5.74, 6) is -1.30. The molecule has 1 heterocycles. The number of carbonyl (C=O) groups excluding carboxylic acids is 4. The van der Waals surface area contributed by atoms with Gasteiger partial charge < -0.3 is 25.0 Å². The van der Waals surface area contributed by atoms with Crippen molar-refractivity contribution in [1.82, 2.24) is 15.5 Å². The Morgan fingerprint density at radius 2 is 1.56 bits per heavy atom. The van der Waals surface area contributed by atoms with Crippen LogP contribution in [-0.2, 0) is 36.9 Å². The van der Waals surface area contributed by atoms with Crippen molar-refractivity contribution in [2.24, 2.45) is 0 Å². The summed E-state index contributed by atoms with van der Waals surface area (Å²) in [6.07, 6.45) is 1.56. The molecule has 222 valence electrons. The summed E-state index contributed by atoms with van der Waals surface area (Å²) in [5.41, 5.74) is -0.165. The van der Waals surface area contributed by atoms with Crippen molar-refractivity contribution in [3.8, 4) is 0 Å². The van der Waals surface area contributed by atoms with Gasteiger partial charge in [0.05, 0.1) is 0 Å². The summed E-state index contributed by atoms with van der Waals surface area (Å²) in [6, 6.07) is 17.4. The van der Waals surface area contributed by atoms with E-state index < -0.39 is 41.2 Å². The number of carbonyl (C=O) groups is 4. The van der Waals surface area contributed by atoms with E-state index in [4.69, 9.17) is 9.47 Å². The summed E-state index contributed by atoms with van der Waals surface area (Å²) in [6.45, 7) is 9.12. The van der Waals surface area contributed by atoms with Crippen LogP contribution in [0.2, 0.25) is 0 Å². The van der Waals surface area contributed by atoms with Crippen molar-refractivity contribution >= 4 is 23.9 Å². The molecule has 1 aliphatic heterocycles. The van der Waals surface area contributed by atoms with Gasteiger partial charge in [-0.15, -0.1) is 0 Å². The Morgan fingerprint density at radius 3 is 2.15 bits per heavy atom. The minimum Gasteiger partial charge on any atom is -0.459 e. The van der Waals surface area contributed by atoms with Gasteiger partial charge in [-0.25, -0.2) is 9.59 Å². The Bertz CT molecular complexity index is 1180. The van der Waals surface area contributed by atoms with Crippen LogP contribution in [0.5, 0.6) is 0 Å². The van der Waals surface area contributed by atoms with Gasteiger partial charge in [-0.1, -0.05) is 67.6 Å². The van der Waals surface area contributed by atoms with Gasteiger partial charge in [0.25, 0.3) is 0 Å². The topological polar surface area (TPSA) is 114 Å². The Kier molecular flexibility index (Phi) is 10.9. The van der Waals surface area contributed by atoms with Crippen LogP contribution in [-0.4, -0.2) is 58.5 Å². The molecule has 0 spiro atoms. The lowest BCUT2D eigenvalue weighted by Crippen LogP contribution is -2.61. The Hall–Kier alpha value is -3.88. The van der Waals surface area contributed by atoms with Crippen molar-refractivity contribution in [2.75, 3.05) is 6.54 Å². The minimum absolute atomic E-state index is 0.123. The zero-order chi connectivity index (χ0) is 30.0. The minimum atomic E-state index is -1.31.